The second-order valence-electron chi connectivity index (χ2n) is 5.95. The Labute approximate surface area is 144 Å². The predicted molar refractivity (Wildman–Crippen MR) is 90.2 cm³/mol. The Morgan fingerprint density at radius 2 is 2.00 bits per heavy atom. The van der Waals surface area contributed by atoms with E-state index in [4.69, 9.17) is 9.15 Å². The molecule has 3 rings (SSSR count). The van der Waals surface area contributed by atoms with Gasteiger partial charge >= 0.3 is 11.8 Å². The minimum atomic E-state index is -0.548. The molecule has 1 fully saturated rings. The summed E-state index contributed by atoms with van der Waals surface area (Å²) >= 11 is 0. The molecule has 2 aromatic rings. The van der Waals surface area contributed by atoms with Gasteiger partial charge in [0.1, 0.15) is 6.54 Å². The normalized spacial score (nSPS) is 15.3. The smallest absolute Gasteiger partial charge is 0.420 e. The van der Waals surface area contributed by atoms with Gasteiger partial charge in [-0.2, -0.15) is 0 Å². The Kier molecular flexibility index (Phi) is 5.06. The van der Waals surface area contributed by atoms with E-state index in [1.165, 1.54) is 4.57 Å². The number of para-hydroxylation sites is 2. The van der Waals surface area contributed by atoms with Crippen LogP contribution in [0, 0.1) is 0 Å². The highest BCUT2D eigenvalue weighted by atomic mass is 16.6. The van der Waals surface area contributed by atoms with Gasteiger partial charge in [-0.1, -0.05) is 12.1 Å². The lowest BCUT2D eigenvalue weighted by Crippen LogP contribution is -2.47. The number of nitrogens with zero attached hydrogens (tertiary/aromatic N) is 2. The Morgan fingerprint density at radius 1 is 1.28 bits per heavy atom. The number of benzene rings is 1. The van der Waals surface area contributed by atoms with Crippen LogP contribution in [0.15, 0.2) is 33.5 Å². The van der Waals surface area contributed by atoms with Crippen LogP contribution in [0.4, 0.5) is 4.79 Å². The van der Waals surface area contributed by atoms with E-state index in [0.717, 1.165) is 0 Å². The first-order chi connectivity index (χ1) is 12.1. The van der Waals surface area contributed by atoms with Gasteiger partial charge in [0.25, 0.3) is 0 Å². The number of oxazole rings is 1. The number of aromatic nitrogens is 1. The average Bonchev–Trinajstić information content (AvgIpc) is 2.91. The molecule has 2 amide bonds. The third kappa shape index (κ3) is 3.84. The number of nitrogens with one attached hydrogen (secondary N) is 1. The standard InChI is InChI=1S/C17H21N3O5/c1-2-24-16(22)19-9-7-12(8-10-19)18-15(21)11-20-13-5-3-4-6-14(13)25-17(20)23/h3-6,12H,2,7-11H2,1H3,(H,18,21). The highest BCUT2D eigenvalue weighted by molar-refractivity contribution is 5.79. The highest BCUT2D eigenvalue weighted by Gasteiger charge is 2.25. The summed E-state index contributed by atoms with van der Waals surface area (Å²) in [6.45, 7) is 3.11. The molecule has 1 aliphatic heterocycles. The second-order valence-corrected chi connectivity index (χ2v) is 5.95. The van der Waals surface area contributed by atoms with Crippen LogP contribution in [-0.4, -0.2) is 47.2 Å². The molecule has 0 radical (unpaired) electrons. The fraction of sp³-hybridized carbons (Fsp3) is 0.471. The van der Waals surface area contributed by atoms with E-state index in [9.17, 15) is 14.4 Å². The zero-order valence-electron chi connectivity index (χ0n) is 14.1. The molecule has 1 aliphatic rings. The van der Waals surface area contributed by atoms with E-state index in [1.54, 1.807) is 36.1 Å². The van der Waals surface area contributed by atoms with E-state index in [0.29, 0.717) is 43.6 Å². The Balaban J connectivity index is 1.56. The van der Waals surface area contributed by atoms with Crippen LogP contribution in [0.2, 0.25) is 0 Å². The van der Waals surface area contributed by atoms with Crippen molar-refractivity contribution < 1.29 is 18.7 Å². The number of ether oxygens (including phenoxy) is 1. The van der Waals surface area contributed by atoms with Gasteiger partial charge in [-0.3, -0.25) is 9.36 Å². The Morgan fingerprint density at radius 3 is 2.72 bits per heavy atom. The first kappa shape index (κ1) is 17.1. The summed E-state index contributed by atoms with van der Waals surface area (Å²) in [4.78, 5) is 37.5. The molecule has 2 heterocycles. The fourth-order valence-electron chi connectivity index (χ4n) is 3.00. The number of likely N-dealkylation sites (tertiary alicyclic amines) is 1. The van der Waals surface area contributed by atoms with Crippen molar-refractivity contribution in [1.29, 1.82) is 0 Å². The number of carbonyl (C=O) groups is 2. The second kappa shape index (κ2) is 7.42. The Hall–Kier alpha value is -2.77. The van der Waals surface area contributed by atoms with Crippen LogP contribution in [0.3, 0.4) is 0 Å². The van der Waals surface area contributed by atoms with Gasteiger partial charge in [0, 0.05) is 19.1 Å². The van der Waals surface area contributed by atoms with Crippen molar-refractivity contribution in [2.24, 2.45) is 0 Å². The molecule has 0 bridgehead atoms. The summed E-state index contributed by atoms with van der Waals surface area (Å²) in [6.07, 6.45) is 1.00. The van der Waals surface area contributed by atoms with Gasteiger partial charge in [-0.25, -0.2) is 9.59 Å². The van der Waals surface area contributed by atoms with Crippen molar-refractivity contribution in [3.05, 3.63) is 34.8 Å². The van der Waals surface area contributed by atoms with Crippen LogP contribution in [0.1, 0.15) is 19.8 Å². The van der Waals surface area contributed by atoms with Gasteiger partial charge in [0.2, 0.25) is 5.91 Å². The molecule has 0 atom stereocenters. The molecule has 1 aromatic heterocycles. The summed E-state index contributed by atoms with van der Waals surface area (Å²) in [6, 6.07) is 6.97. The zero-order valence-corrected chi connectivity index (χ0v) is 14.1. The molecule has 8 heteroatoms. The number of hydrogen-bond donors (Lipinski definition) is 1. The third-order valence-corrected chi connectivity index (χ3v) is 4.26. The minimum absolute atomic E-state index is 0.0213. The van der Waals surface area contributed by atoms with Crippen LogP contribution >= 0.6 is 0 Å². The molecule has 0 spiro atoms. The maximum absolute atomic E-state index is 12.3. The molecule has 134 valence electrons. The molecule has 1 N–H and O–H groups in total. The van der Waals surface area contributed by atoms with Crippen molar-refractivity contribution in [1.82, 2.24) is 14.8 Å². The van der Waals surface area contributed by atoms with E-state index < -0.39 is 5.76 Å². The summed E-state index contributed by atoms with van der Waals surface area (Å²) in [5, 5.41) is 2.92. The van der Waals surface area contributed by atoms with E-state index in [2.05, 4.69) is 5.32 Å². The third-order valence-electron chi connectivity index (χ3n) is 4.26. The number of piperidine rings is 1. The monoisotopic (exact) mass is 347 g/mol. The van der Waals surface area contributed by atoms with Gasteiger partial charge in [0.05, 0.1) is 12.1 Å². The van der Waals surface area contributed by atoms with Crippen LogP contribution in [-0.2, 0) is 16.1 Å². The average molecular weight is 347 g/mol. The molecule has 0 aliphatic carbocycles. The lowest BCUT2D eigenvalue weighted by Gasteiger charge is -2.31. The van der Waals surface area contributed by atoms with Crippen molar-refractivity contribution in [3.63, 3.8) is 0 Å². The minimum Gasteiger partial charge on any atom is -0.450 e. The van der Waals surface area contributed by atoms with Crippen molar-refractivity contribution in [3.8, 4) is 0 Å². The number of carbonyl (C=O) groups excluding carboxylic acids is 2. The maximum Gasteiger partial charge on any atom is 0.420 e. The number of amides is 2. The molecular formula is C17H21N3O5. The van der Waals surface area contributed by atoms with Gasteiger partial charge in [0.15, 0.2) is 5.58 Å². The molecule has 25 heavy (non-hydrogen) atoms. The van der Waals surface area contributed by atoms with Gasteiger partial charge < -0.3 is 19.4 Å². The van der Waals surface area contributed by atoms with Crippen molar-refractivity contribution in [2.45, 2.75) is 32.4 Å². The lowest BCUT2D eigenvalue weighted by molar-refractivity contribution is -0.122. The predicted octanol–water partition coefficient (Wildman–Crippen LogP) is 1.33. The van der Waals surface area contributed by atoms with Gasteiger partial charge in [-0.15, -0.1) is 0 Å². The van der Waals surface area contributed by atoms with Crippen molar-refractivity contribution in [2.75, 3.05) is 19.7 Å². The van der Waals surface area contributed by atoms with E-state index >= 15 is 0 Å². The first-order valence-corrected chi connectivity index (χ1v) is 8.38. The number of rotatable bonds is 4. The largest absolute Gasteiger partial charge is 0.450 e. The van der Waals surface area contributed by atoms with E-state index in [1.807, 2.05) is 0 Å². The number of fused-ring (bicyclic) bond motifs is 1. The molecule has 1 aromatic carbocycles. The molecule has 0 saturated carbocycles. The van der Waals surface area contributed by atoms with Crippen LogP contribution in [0.25, 0.3) is 11.1 Å². The van der Waals surface area contributed by atoms with Crippen molar-refractivity contribution >= 4 is 23.1 Å². The summed E-state index contributed by atoms with van der Waals surface area (Å²) in [5.74, 6) is -0.795. The zero-order chi connectivity index (χ0) is 17.8. The topological polar surface area (TPSA) is 93.8 Å². The first-order valence-electron chi connectivity index (χ1n) is 8.38. The molecule has 1 saturated heterocycles. The lowest BCUT2D eigenvalue weighted by atomic mass is 10.1. The summed E-state index contributed by atoms with van der Waals surface area (Å²) < 4.78 is 11.4. The quantitative estimate of drug-likeness (QED) is 0.900. The van der Waals surface area contributed by atoms with E-state index in [-0.39, 0.29) is 24.6 Å². The highest BCUT2D eigenvalue weighted by Crippen LogP contribution is 2.13. The maximum atomic E-state index is 12.3. The van der Waals surface area contributed by atoms with Crippen LogP contribution in [0.5, 0.6) is 0 Å². The van der Waals surface area contributed by atoms with Gasteiger partial charge in [-0.05, 0) is 31.9 Å². The summed E-state index contributed by atoms with van der Waals surface area (Å²) in [7, 11) is 0. The SMILES string of the molecule is CCOC(=O)N1CCC(NC(=O)Cn2c(=O)oc3ccccc32)CC1. The van der Waals surface area contributed by atoms with Crippen LogP contribution < -0.4 is 11.1 Å². The Bertz CT molecular complexity index is 817. The molecule has 0 unspecified atom stereocenters. The summed E-state index contributed by atoms with van der Waals surface area (Å²) in [5.41, 5.74) is 1.06. The molecule has 8 nitrogen and oxygen atoms in total. The fourth-order valence-corrected chi connectivity index (χ4v) is 3.00. The molecular weight excluding hydrogens is 326 g/mol. The number of hydrogen-bond acceptors (Lipinski definition) is 5.